The minimum absolute atomic E-state index is 0.176. The van der Waals surface area contributed by atoms with E-state index in [1.165, 1.54) is 12.1 Å². The molecule has 0 unspecified atom stereocenters. The van der Waals surface area contributed by atoms with Gasteiger partial charge in [0.05, 0.1) is 42.5 Å². The van der Waals surface area contributed by atoms with E-state index in [0.717, 1.165) is 11.1 Å². The molecule has 2 aromatic carbocycles. The van der Waals surface area contributed by atoms with Crippen LogP contribution in [0.5, 0.6) is 0 Å². The third-order valence-corrected chi connectivity index (χ3v) is 5.18. The number of fused-ring (bicyclic) bond motifs is 1. The van der Waals surface area contributed by atoms with Crippen LogP contribution in [-0.2, 0) is 16.1 Å². The molecule has 0 radical (unpaired) electrons. The highest BCUT2D eigenvalue weighted by Gasteiger charge is 2.18. The Hall–Kier alpha value is -4.11. The number of hydrogen-bond acceptors (Lipinski definition) is 5. The SMILES string of the molecule is COCCNC(=O)CNC(=O)c1cc(-c2ccccc2)nc2c1cnn2Cc1cccc(F)c1. The molecule has 0 saturated carbocycles. The van der Waals surface area contributed by atoms with Crippen LogP contribution >= 0.6 is 0 Å². The molecule has 174 valence electrons. The Kier molecular flexibility index (Phi) is 7.24. The van der Waals surface area contributed by atoms with E-state index in [0.29, 0.717) is 35.4 Å². The van der Waals surface area contributed by atoms with Crippen molar-refractivity contribution in [1.29, 1.82) is 0 Å². The first kappa shape index (κ1) is 23.1. The molecule has 9 heteroatoms. The summed E-state index contributed by atoms with van der Waals surface area (Å²) in [5.41, 5.74) is 2.97. The van der Waals surface area contributed by atoms with Gasteiger partial charge in [0.2, 0.25) is 5.91 Å². The zero-order valence-electron chi connectivity index (χ0n) is 18.6. The van der Waals surface area contributed by atoms with E-state index in [1.54, 1.807) is 36.2 Å². The summed E-state index contributed by atoms with van der Waals surface area (Å²) >= 11 is 0. The molecule has 4 aromatic rings. The molecular formula is C25H24FN5O3. The lowest BCUT2D eigenvalue weighted by Gasteiger charge is -2.10. The molecule has 4 rings (SSSR count). The number of pyridine rings is 1. The van der Waals surface area contributed by atoms with E-state index in [1.807, 2.05) is 30.3 Å². The quantitative estimate of drug-likeness (QED) is 0.374. The Balaban J connectivity index is 1.67. The van der Waals surface area contributed by atoms with E-state index < -0.39 is 5.91 Å². The maximum Gasteiger partial charge on any atom is 0.252 e. The van der Waals surface area contributed by atoms with Crippen LogP contribution in [0.1, 0.15) is 15.9 Å². The molecule has 0 aliphatic heterocycles. The highest BCUT2D eigenvalue weighted by Crippen LogP contribution is 2.25. The smallest absolute Gasteiger partial charge is 0.252 e. The van der Waals surface area contributed by atoms with Gasteiger partial charge in [-0.15, -0.1) is 0 Å². The first-order valence-electron chi connectivity index (χ1n) is 10.8. The number of amides is 2. The first-order chi connectivity index (χ1) is 16.5. The Morgan fingerprint density at radius 2 is 1.88 bits per heavy atom. The van der Waals surface area contributed by atoms with Crippen molar-refractivity contribution < 1.29 is 18.7 Å². The second kappa shape index (κ2) is 10.7. The average Bonchev–Trinajstić information content (AvgIpc) is 3.25. The molecule has 0 fully saturated rings. The summed E-state index contributed by atoms with van der Waals surface area (Å²) in [6.45, 7) is 0.852. The predicted octanol–water partition coefficient (Wildman–Crippen LogP) is 2.78. The number of nitrogens with one attached hydrogen (secondary N) is 2. The summed E-state index contributed by atoms with van der Waals surface area (Å²) in [4.78, 5) is 29.8. The highest BCUT2D eigenvalue weighted by atomic mass is 19.1. The van der Waals surface area contributed by atoms with Crippen molar-refractivity contribution in [3.05, 3.63) is 83.8 Å². The van der Waals surface area contributed by atoms with E-state index in [-0.39, 0.29) is 24.8 Å². The number of benzene rings is 2. The summed E-state index contributed by atoms with van der Waals surface area (Å²) in [5, 5.41) is 10.3. The molecule has 0 aliphatic rings. The minimum Gasteiger partial charge on any atom is -0.383 e. The van der Waals surface area contributed by atoms with Crippen molar-refractivity contribution in [3.8, 4) is 11.3 Å². The molecule has 0 aliphatic carbocycles. The number of methoxy groups -OCH3 is 1. The van der Waals surface area contributed by atoms with Gasteiger partial charge in [-0.3, -0.25) is 9.59 Å². The van der Waals surface area contributed by atoms with Gasteiger partial charge in [-0.25, -0.2) is 14.1 Å². The Bertz CT molecular complexity index is 1310. The van der Waals surface area contributed by atoms with Crippen molar-refractivity contribution in [1.82, 2.24) is 25.4 Å². The fourth-order valence-corrected chi connectivity index (χ4v) is 3.53. The van der Waals surface area contributed by atoms with Crippen LogP contribution in [0.25, 0.3) is 22.3 Å². The van der Waals surface area contributed by atoms with E-state index in [9.17, 15) is 14.0 Å². The lowest BCUT2D eigenvalue weighted by atomic mass is 10.1. The molecule has 0 bridgehead atoms. The van der Waals surface area contributed by atoms with Crippen LogP contribution in [0.4, 0.5) is 4.39 Å². The molecule has 2 amide bonds. The average molecular weight is 461 g/mol. The fraction of sp³-hybridized carbons (Fsp3) is 0.200. The zero-order chi connectivity index (χ0) is 23.9. The van der Waals surface area contributed by atoms with Gasteiger partial charge in [-0.2, -0.15) is 5.10 Å². The zero-order valence-corrected chi connectivity index (χ0v) is 18.6. The van der Waals surface area contributed by atoms with Crippen LogP contribution in [0.2, 0.25) is 0 Å². The van der Waals surface area contributed by atoms with E-state index in [2.05, 4.69) is 15.7 Å². The molecule has 2 heterocycles. The third kappa shape index (κ3) is 5.44. The highest BCUT2D eigenvalue weighted by molar-refractivity contribution is 6.07. The number of carbonyl (C=O) groups excluding carboxylic acids is 2. The summed E-state index contributed by atoms with van der Waals surface area (Å²) < 4.78 is 20.2. The Morgan fingerprint density at radius 1 is 1.06 bits per heavy atom. The summed E-state index contributed by atoms with van der Waals surface area (Å²) in [6.07, 6.45) is 1.56. The van der Waals surface area contributed by atoms with Gasteiger partial charge in [-0.1, -0.05) is 42.5 Å². The van der Waals surface area contributed by atoms with Gasteiger partial charge in [0.15, 0.2) is 5.65 Å². The third-order valence-electron chi connectivity index (χ3n) is 5.18. The molecule has 2 N–H and O–H groups in total. The Morgan fingerprint density at radius 3 is 2.65 bits per heavy atom. The number of hydrogen-bond donors (Lipinski definition) is 2. The normalized spacial score (nSPS) is 10.9. The van der Waals surface area contributed by atoms with Gasteiger partial charge >= 0.3 is 0 Å². The summed E-state index contributed by atoms with van der Waals surface area (Å²) in [6, 6.07) is 17.4. The lowest BCUT2D eigenvalue weighted by molar-refractivity contribution is -0.120. The van der Waals surface area contributed by atoms with Crippen LogP contribution < -0.4 is 10.6 Å². The largest absolute Gasteiger partial charge is 0.383 e. The van der Waals surface area contributed by atoms with Crippen molar-refractivity contribution in [2.75, 3.05) is 26.8 Å². The van der Waals surface area contributed by atoms with Gasteiger partial charge < -0.3 is 15.4 Å². The number of halogens is 1. The molecular weight excluding hydrogens is 437 g/mol. The van der Waals surface area contributed by atoms with Crippen LogP contribution in [0.3, 0.4) is 0 Å². The van der Waals surface area contributed by atoms with E-state index >= 15 is 0 Å². The van der Waals surface area contributed by atoms with Crippen molar-refractivity contribution in [2.45, 2.75) is 6.54 Å². The van der Waals surface area contributed by atoms with Crippen molar-refractivity contribution in [2.24, 2.45) is 0 Å². The monoisotopic (exact) mass is 461 g/mol. The second-order valence-corrected chi connectivity index (χ2v) is 7.62. The van der Waals surface area contributed by atoms with Crippen LogP contribution in [-0.4, -0.2) is 53.4 Å². The number of nitrogens with zero attached hydrogens (tertiary/aromatic N) is 3. The molecule has 34 heavy (non-hydrogen) atoms. The molecule has 8 nitrogen and oxygen atoms in total. The Labute approximate surface area is 195 Å². The number of ether oxygens (including phenoxy) is 1. The summed E-state index contributed by atoms with van der Waals surface area (Å²) in [5.74, 6) is -1.08. The molecule has 0 saturated heterocycles. The van der Waals surface area contributed by atoms with Crippen molar-refractivity contribution in [3.63, 3.8) is 0 Å². The van der Waals surface area contributed by atoms with Crippen LogP contribution in [0, 0.1) is 5.82 Å². The predicted molar refractivity (Wildman–Crippen MR) is 126 cm³/mol. The first-order valence-corrected chi connectivity index (χ1v) is 10.8. The van der Waals surface area contributed by atoms with E-state index in [4.69, 9.17) is 9.72 Å². The maximum atomic E-state index is 13.7. The van der Waals surface area contributed by atoms with Gasteiger partial charge in [0, 0.05) is 19.2 Å². The number of carbonyl (C=O) groups is 2. The minimum atomic E-state index is -0.420. The molecule has 2 aromatic heterocycles. The molecule has 0 spiro atoms. The van der Waals surface area contributed by atoms with Gasteiger partial charge in [-0.05, 0) is 23.8 Å². The summed E-state index contributed by atoms with van der Waals surface area (Å²) in [7, 11) is 1.54. The topological polar surface area (TPSA) is 98.1 Å². The van der Waals surface area contributed by atoms with Gasteiger partial charge in [0.25, 0.3) is 5.91 Å². The molecule has 0 atom stereocenters. The van der Waals surface area contributed by atoms with Crippen LogP contribution in [0.15, 0.2) is 66.9 Å². The van der Waals surface area contributed by atoms with Gasteiger partial charge in [0.1, 0.15) is 5.82 Å². The van der Waals surface area contributed by atoms with Crippen molar-refractivity contribution >= 4 is 22.8 Å². The lowest BCUT2D eigenvalue weighted by Crippen LogP contribution is -2.38. The number of aromatic nitrogens is 3. The standard InChI is InChI=1S/C25H24FN5O3/c1-34-11-10-27-23(32)15-28-25(33)20-13-22(18-7-3-2-4-8-18)30-24-21(20)14-29-31(24)16-17-6-5-9-19(26)12-17/h2-9,12-14H,10-11,15-16H2,1H3,(H,27,32)(H,28,33). The maximum absolute atomic E-state index is 13.7. The second-order valence-electron chi connectivity index (χ2n) is 7.62. The number of rotatable bonds is 9. The fourth-order valence-electron chi connectivity index (χ4n) is 3.53.